The molecule has 0 heterocycles. The van der Waals surface area contributed by atoms with E-state index < -0.39 is 19.1 Å². The molecule has 0 rings (SSSR count). The Morgan fingerprint density at radius 3 is 1.75 bits per heavy atom. The molecule has 0 aliphatic carbocycles. The van der Waals surface area contributed by atoms with Crippen LogP contribution in [-0.2, 0) is 0 Å². The summed E-state index contributed by atoms with van der Waals surface area (Å²) in [5.74, 6) is 0. The van der Waals surface area contributed by atoms with E-state index >= 15 is 0 Å². The van der Waals surface area contributed by atoms with Crippen LogP contribution in [0.1, 0.15) is 0 Å². The van der Waals surface area contributed by atoms with Crippen LogP contribution < -0.4 is 5.73 Å². The van der Waals surface area contributed by atoms with Gasteiger partial charge in [0.25, 0.3) is 0 Å². The summed E-state index contributed by atoms with van der Waals surface area (Å²) in [5.41, 5.74) is 4.26. The van der Waals surface area contributed by atoms with E-state index in [0.717, 1.165) is 0 Å². The lowest BCUT2D eigenvalue weighted by Gasteiger charge is -2.00. The average molecular weight is 150 g/mol. The van der Waals surface area contributed by atoms with Crippen LogP contribution >= 0.6 is 12.4 Å². The summed E-state index contributed by atoms with van der Waals surface area (Å²) in [6, 6.07) is 0. The quantitative estimate of drug-likeness (QED) is 0.582. The number of hydrogen-bond donors (Lipinski definition) is 1. The Morgan fingerprint density at radius 2 is 1.75 bits per heavy atom. The third-order valence-electron chi connectivity index (χ3n) is 0.493. The number of halogens is 4. The molecule has 0 spiro atoms. The largest absolute Gasteiger partial charge is 0.299 e. The van der Waals surface area contributed by atoms with E-state index in [9.17, 15) is 13.2 Å². The van der Waals surface area contributed by atoms with E-state index in [1.807, 2.05) is 0 Å². The monoisotopic (exact) mass is 149 g/mol. The molecule has 52 valence electrons. The van der Waals surface area contributed by atoms with Gasteiger partial charge in [-0.25, -0.2) is 13.2 Å². The summed E-state index contributed by atoms with van der Waals surface area (Å²) < 4.78 is 33.6. The first-order valence-corrected chi connectivity index (χ1v) is 1.78. The molecular weight excluding hydrogens is 142 g/mol. The van der Waals surface area contributed by atoms with Gasteiger partial charge in [-0.2, -0.15) is 0 Å². The summed E-state index contributed by atoms with van der Waals surface area (Å²) in [6.45, 7) is -1.35. The standard InChI is InChI=1S/C3H6F3N.ClH/c4-1-2(5)3(6)7;/h2-3H,1,7H2;1H. The molecule has 0 saturated carbocycles. The fourth-order valence-electron chi connectivity index (χ4n) is 0.0851. The van der Waals surface area contributed by atoms with Crippen molar-refractivity contribution in [2.24, 2.45) is 5.73 Å². The third-order valence-corrected chi connectivity index (χ3v) is 0.493. The van der Waals surface area contributed by atoms with Crippen molar-refractivity contribution in [3.63, 3.8) is 0 Å². The Hall–Kier alpha value is 0.0400. The minimum absolute atomic E-state index is 0. The van der Waals surface area contributed by atoms with E-state index in [2.05, 4.69) is 5.73 Å². The molecule has 0 aliphatic rings. The van der Waals surface area contributed by atoms with Gasteiger partial charge in [0.05, 0.1) is 0 Å². The maximum absolute atomic E-state index is 11.4. The first-order valence-electron chi connectivity index (χ1n) is 1.78. The molecule has 2 unspecified atom stereocenters. The number of alkyl halides is 3. The lowest BCUT2D eigenvalue weighted by molar-refractivity contribution is 0.142. The van der Waals surface area contributed by atoms with E-state index in [1.165, 1.54) is 0 Å². The van der Waals surface area contributed by atoms with E-state index in [1.54, 1.807) is 0 Å². The highest BCUT2D eigenvalue weighted by molar-refractivity contribution is 5.85. The SMILES string of the molecule is Cl.NC(F)C(F)CF. The second-order valence-electron chi connectivity index (χ2n) is 1.11. The van der Waals surface area contributed by atoms with Crippen LogP contribution in [0.3, 0.4) is 0 Å². The van der Waals surface area contributed by atoms with Crippen molar-refractivity contribution < 1.29 is 13.2 Å². The maximum atomic E-state index is 11.4. The van der Waals surface area contributed by atoms with Gasteiger partial charge in [0.2, 0.25) is 0 Å². The van der Waals surface area contributed by atoms with Gasteiger partial charge in [-0.1, -0.05) is 0 Å². The van der Waals surface area contributed by atoms with Crippen molar-refractivity contribution in [2.75, 3.05) is 6.67 Å². The predicted molar refractivity (Wildman–Crippen MR) is 27.2 cm³/mol. The molecule has 0 aromatic carbocycles. The second-order valence-corrected chi connectivity index (χ2v) is 1.11. The molecule has 2 atom stereocenters. The van der Waals surface area contributed by atoms with Crippen LogP contribution in [0.4, 0.5) is 13.2 Å². The van der Waals surface area contributed by atoms with Crippen LogP contribution in [0.5, 0.6) is 0 Å². The van der Waals surface area contributed by atoms with Crippen LogP contribution in [0.25, 0.3) is 0 Å². The van der Waals surface area contributed by atoms with E-state index in [0.29, 0.717) is 0 Å². The Bertz CT molecular complexity index is 51.8. The van der Waals surface area contributed by atoms with Gasteiger partial charge in [-0.3, -0.25) is 5.73 Å². The molecule has 0 fully saturated rings. The summed E-state index contributed by atoms with van der Waals surface area (Å²) >= 11 is 0. The minimum Gasteiger partial charge on any atom is -0.299 e. The average Bonchev–Trinajstić information content (AvgIpc) is 1.65. The lowest BCUT2D eigenvalue weighted by Crippen LogP contribution is -2.27. The molecule has 0 aromatic rings. The topological polar surface area (TPSA) is 26.0 Å². The van der Waals surface area contributed by atoms with Gasteiger partial charge in [-0.15, -0.1) is 12.4 Å². The molecule has 1 nitrogen and oxygen atoms in total. The number of rotatable bonds is 2. The zero-order valence-corrected chi connectivity index (χ0v) is 4.80. The van der Waals surface area contributed by atoms with Crippen molar-refractivity contribution in [2.45, 2.75) is 12.5 Å². The molecule has 0 amide bonds. The fraction of sp³-hybridized carbons (Fsp3) is 1.00. The van der Waals surface area contributed by atoms with Crippen molar-refractivity contribution >= 4 is 12.4 Å². The normalized spacial score (nSPS) is 16.5. The minimum atomic E-state index is -2.18. The van der Waals surface area contributed by atoms with Crippen LogP contribution in [0, 0.1) is 0 Å². The zero-order chi connectivity index (χ0) is 5.86. The van der Waals surface area contributed by atoms with Gasteiger partial charge in [0.1, 0.15) is 6.67 Å². The van der Waals surface area contributed by atoms with Gasteiger partial charge in [0.15, 0.2) is 12.5 Å². The summed E-state index contributed by atoms with van der Waals surface area (Å²) in [7, 11) is 0. The van der Waals surface area contributed by atoms with E-state index in [4.69, 9.17) is 0 Å². The van der Waals surface area contributed by atoms with Gasteiger partial charge in [0, 0.05) is 0 Å². The molecule has 0 aromatic heterocycles. The molecule has 8 heavy (non-hydrogen) atoms. The Balaban J connectivity index is 0. The molecular formula is C3H7ClF3N. The van der Waals surface area contributed by atoms with Crippen LogP contribution in [0.15, 0.2) is 0 Å². The summed E-state index contributed by atoms with van der Waals surface area (Å²) in [4.78, 5) is 0. The Labute approximate surface area is 51.5 Å². The predicted octanol–water partition coefficient (Wildman–Crippen LogP) is 0.970. The third kappa shape index (κ3) is 4.21. The molecule has 0 radical (unpaired) electrons. The van der Waals surface area contributed by atoms with E-state index in [-0.39, 0.29) is 12.4 Å². The van der Waals surface area contributed by atoms with Crippen molar-refractivity contribution in [1.29, 1.82) is 0 Å². The van der Waals surface area contributed by atoms with Gasteiger partial charge in [-0.05, 0) is 0 Å². The molecule has 0 saturated heterocycles. The molecule has 5 heteroatoms. The van der Waals surface area contributed by atoms with Crippen LogP contribution in [0.2, 0.25) is 0 Å². The Morgan fingerprint density at radius 1 is 1.38 bits per heavy atom. The highest BCUT2D eigenvalue weighted by Gasteiger charge is 2.13. The van der Waals surface area contributed by atoms with Crippen molar-refractivity contribution in [3.8, 4) is 0 Å². The van der Waals surface area contributed by atoms with Crippen molar-refractivity contribution in [3.05, 3.63) is 0 Å². The smallest absolute Gasteiger partial charge is 0.182 e. The van der Waals surface area contributed by atoms with Crippen molar-refractivity contribution in [1.82, 2.24) is 0 Å². The number of nitrogens with two attached hydrogens (primary N) is 1. The summed E-state index contributed by atoms with van der Waals surface area (Å²) in [5, 5.41) is 0. The number of hydrogen-bond acceptors (Lipinski definition) is 1. The zero-order valence-electron chi connectivity index (χ0n) is 3.98. The summed E-state index contributed by atoms with van der Waals surface area (Å²) in [6.07, 6.45) is -4.33. The first-order chi connectivity index (χ1) is 3.18. The highest BCUT2D eigenvalue weighted by Crippen LogP contribution is 1.96. The van der Waals surface area contributed by atoms with Gasteiger partial charge < -0.3 is 0 Å². The first kappa shape index (κ1) is 10.9. The second kappa shape index (κ2) is 5.18. The van der Waals surface area contributed by atoms with Gasteiger partial charge >= 0.3 is 0 Å². The highest BCUT2D eigenvalue weighted by atomic mass is 35.5. The molecule has 0 aliphatic heterocycles. The lowest BCUT2D eigenvalue weighted by atomic mass is 10.4. The fourth-order valence-corrected chi connectivity index (χ4v) is 0.0851. The Kier molecular flexibility index (Phi) is 7.08. The molecule has 2 N–H and O–H groups in total. The molecule has 0 bridgehead atoms. The van der Waals surface area contributed by atoms with Crippen LogP contribution in [-0.4, -0.2) is 19.1 Å². The maximum Gasteiger partial charge on any atom is 0.182 e.